The second-order valence-electron chi connectivity index (χ2n) is 0.696. The van der Waals surface area contributed by atoms with Crippen molar-refractivity contribution in [2.45, 2.75) is 13.8 Å². The summed E-state index contributed by atoms with van der Waals surface area (Å²) in [5.74, 6) is 0. The second-order valence-corrected chi connectivity index (χ2v) is 1.46. The smallest absolute Gasteiger partial charge is 0.0562 e. The summed E-state index contributed by atoms with van der Waals surface area (Å²) in [5, 5.41) is 0.662. The van der Waals surface area contributed by atoms with Crippen LogP contribution in [0.15, 0.2) is 16.6 Å². The van der Waals surface area contributed by atoms with E-state index < -0.39 is 0 Å². The maximum Gasteiger partial charge on any atom is 0.0562 e. The fraction of sp³-hybridized carbons (Fsp3) is 0.333. The molecule has 0 amide bonds. The Morgan fingerprint density at radius 1 is 1.50 bits per heavy atom. The number of rotatable bonds is 2. The van der Waals surface area contributed by atoms with E-state index in [1.54, 1.807) is 0 Å². The molecule has 10 heavy (non-hydrogen) atoms. The zero-order valence-electron chi connectivity index (χ0n) is 6.46. The number of hydrogen-bond donors (Lipinski definition) is 0. The van der Waals surface area contributed by atoms with Crippen molar-refractivity contribution in [1.82, 2.24) is 0 Å². The Kier molecular flexibility index (Phi) is 50.6. The Balaban J connectivity index is -0.0000000412. The topological polar surface area (TPSA) is 12.4 Å². The number of thioether (sulfide) groups is 1. The fourth-order valence-corrected chi connectivity index (χ4v) is 0.137. The largest absolute Gasteiger partial charge is 0.300 e. The van der Waals surface area contributed by atoms with Gasteiger partial charge in [-0.1, -0.05) is 20.4 Å². The average molecular weight is 403 g/mol. The van der Waals surface area contributed by atoms with E-state index in [-0.39, 0.29) is 53.8 Å². The van der Waals surface area contributed by atoms with Crippen LogP contribution in [0.1, 0.15) is 13.8 Å². The molecule has 0 aromatic carbocycles. The summed E-state index contributed by atoms with van der Waals surface area (Å²) in [4.78, 5) is 3.46. The Morgan fingerprint density at radius 3 is 1.80 bits per heavy atom. The van der Waals surface area contributed by atoms with Crippen molar-refractivity contribution in [2.24, 2.45) is 4.99 Å². The van der Waals surface area contributed by atoms with Gasteiger partial charge in [0.25, 0.3) is 0 Å². The van der Waals surface area contributed by atoms with E-state index in [9.17, 15) is 0 Å². The third-order valence-corrected chi connectivity index (χ3v) is 0.805. The fourth-order valence-electron chi connectivity index (χ4n) is 0.0456. The summed E-state index contributed by atoms with van der Waals surface area (Å²) in [5.41, 5.74) is 0. The van der Waals surface area contributed by atoms with E-state index in [0.717, 1.165) is 0 Å². The standard InChI is InChI=1S/C4H6NS.C2H6.W.Y/c1-4(5-2)6-3;1-2;;/h1-3H2;1-2H3;;/q-1;;;. The molecule has 0 rings (SSSR count). The first kappa shape index (κ1) is 22.6. The molecule has 0 aromatic rings. The minimum absolute atomic E-state index is 0. The van der Waals surface area contributed by atoms with Gasteiger partial charge in [-0.15, -0.1) is 0 Å². The minimum Gasteiger partial charge on any atom is -0.300 e. The normalized spacial score (nSPS) is 5.10. The van der Waals surface area contributed by atoms with Crippen molar-refractivity contribution in [3.63, 3.8) is 0 Å². The van der Waals surface area contributed by atoms with Gasteiger partial charge in [0.2, 0.25) is 0 Å². The van der Waals surface area contributed by atoms with Crippen LogP contribution in [0.4, 0.5) is 0 Å². The van der Waals surface area contributed by atoms with Gasteiger partial charge in [0.1, 0.15) is 0 Å². The summed E-state index contributed by atoms with van der Waals surface area (Å²) >= 11 is 1.25. The van der Waals surface area contributed by atoms with Crippen LogP contribution in [0.3, 0.4) is 0 Å². The molecule has 0 saturated heterocycles. The van der Waals surface area contributed by atoms with E-state index in [2.05, 4.69) is 24.5 Å². The van der Waals surface area contributed by atoms with E-state index in [0.29, 0.717) is 5.03 Å². The molecule has 0 heterocycles. The molecule has 0 aliphatic heterocycles. The summed E-state index contributed by atoms with van der Waals surface area (Å²) in [6, 6.07) is 0. The Bertz CT molecular complexity index is 78.1. The molecular weight excluding hydrogens is 391 g/mol. The molecular formula is C6H12NSWY-. The summed E-state index contributed by atoms with van der Waals surface area (Å²) < 4.78 is 0. The van der Waals surface area contributed by atoms with Gasteiger partial charge in [-0.25, -0.2) is 0 Å². The van der Waals surface area contributed by atoms with Crippen molar-refractivity contribution in [3.05, 3.63) is 17.9 Å². The van der Waals surface area contributed by atoms with Crippen LogP contribution in [0.5, 0.6) is 0 Å². The third-order valence-electron chi connectivity index (χ3n) is 0.343. The molecule has 0 N–H and O–H groups in total. The van der Waals surface area contributed by atoms with E-state index in [1.165, 1.54) is 11.8 Å². The zero-order chi connectivity index (χ0) is 6.99. The van der Waals surface area contributed by atoms with Crippen LogP contribution in [0.25, 0.3) is 0 Å². The predicted octanol–water partition coefficient (Wildman–Crippen LogP) is 2.70. The van der Waals surface area contributed by atoms with Crippen LogP contribution < -0.4 is 0 Å². The molecule has 0 atom stereocenters. The molecule has 0 aliphatic rings. The molecule has 0 spiro atoms. The van der Waals surface area contributed by atoms with Gasteiger partial charge in [-0.3, -0.25) is 11.2 Å². The summed E-state index contributed by atoms with van der Waals surface area (Å²) in [7, 11) is 0. The van der Waals surface area contributed by atoms with E-state index >= 15 is 0 Å². The average Bonchev–Trinajstić information content (AvgIpc) is 1.91. The van der Waals surface area contributed by atoms with Crippen molar-refractivity contribution in [1.29, 1.82) is 0 Å². The molecule has 0 bridgehead atoms. The van der Waals surface area contributed by atoms with Gasteiger partial charge < -0.3 is 11.8 Å². The van der Waals surface area contributed by atoms with E-state index in [1.807, 2.05) is 13.8 Å². The summed E-state index contributed by atoms with van der Waals surface area (Å²) in [6.45, 7) is 10.7. The molecule has 0 saturated carbocycles. The molecule has 0 unspecified atom stereocenters. The Morgan fingerprint density at radius 2 is 1.80 bits per heavy atom. The van der Waals surface area contributed by atoms with Gasteiger partial charge >= 0.3 is 0 Å². The molecule has 4 heteroatoms. The van der Waals surface area contributed by atoms with Crippen LogP contribution >= 0.6 is 11.8 Å². The number of nitrogens with zero attached hydrogens (tertiary/aromatic N) is 1. The molecule has 57 valence electrons. The molecule has 0 aromatic heterocycles. The maximum atomic E-state index is 3.46. The zero-order valence-corrected chi connectivity index (χ0v) is 13.1. The van der Waals surface area contributed by atoms with Gasteiger partial charge in [-0.2, -0.15) is 0 Å². The van der Waals surface area contributed by atoms with Gasteiger partial charge in [0, 0.05) is 53.8 Å². The van der Waals surface area contributed by atoms with Crippen LogP contribution in [-0.2, 0) is 53.8 Å². The summed E-state index contributed by atoms with van der Waals surface area (Å²) in [6.07, 6.45) is 3.44. The molecule has 0 aliphatic carbocycles. The van der Waals surface area contributed by atoms with Crippen LogP contribution in [0, 0.1) is 6.26 Å². The van der Waals surface area contributed by atoms with Gasteiger partial charge in [0.15, 0.2) is 0 Å². The first-order chi connectivity index (χ1) is 3.81. The SMILES string of the molecule is C=NC(=C)S[CH2-].CC.[W].[Y]. The van der Waals surface area contributed by atoms with Crippen molar-refractivity contribution in [2.75, 3.05) is 0 Å². The van der Waals surface area contributed by atoms with Crippen molar-refractivity contribution < 1.29 is 53.8 Å². The van der Waals surface area contributed by atoms with Crippen molar-refractivity contribution >= 4 is 18.5 Å². The first-order valence-corrected chi connectivity index (χ1v) is 3.37. The quantitative estimate of drug-likeness (QED) is 0.511. The molecule has 0 fully saturated rings. The van der Waals surface area contributed by atoms with E-state index in [4.69, 9.17) is 0 Å². The molecule has 1 nitrogen and oxygen atoms in total. The first-order valence-electron chi connectivity index (χ1n) is 2.39. The third kappa shape index (κ3) is 22.7. The monoisotopic (exact) mass is 403 g/mol. The number of aliphatic imine (C=N–C) groups is 1. The predicted molar refractivity (Wildman–Crippen MR) is 43.0 cm³/mol. The minimum atomic E-state index is 0. The second kappa shape index (κ2) is 22.4. The van der Waals surface area contributed by atoms with Gasteiger partial charge in [0.05, 0.1) is 5.03 Å². The number of hydrogen-bond acceptors (Lipinski definition) is 2. The molecule has 1 radical (unpaired) electrons. The van der Waals surface area contributed by atoms with Crippen molar-refractivity contribution in [3.8, 4) is 0 Å². The van der Waals surface area contributed by atoms with Crippen LogP contribution in [0.2, 0.25) is 0 Å². The Labute approximate surface area is 108 Å². The maximum absolute atomic E-state index is 3.46. The van der Waals surface area contributed by atoms with Gasteiger partial charge in [-0.05, 0) is 6.72 Å². The Hall–Kier alpha value is 1.55. The van der Waals surface area contributed by atoms with Crippen LogP contribution in [-0.4, -0.2) is 6.72 Å².